The van der Waals surface area contributed by atoms with E-state index in [0.717, 1.165) is 6.61 Å². The molecule has 0 aliphatic rings. The minimum atomic E-state index is 0.490. The summed E-state index contributed by atoms with van der Waals surface area (Å²) >= 11 is 0. The molecule has 1 unspecified atom stereocenters. The summed E-state index contributed by atoms with van der Waals surface area (Å²) < 4.78 is 0. The molecule has 2 heteroatoms. The molecule has 1 N–H and O–H groups in total. The van der Waals surface area contributed by atoms with Crippen LogP contribution in [0.4, 0.5) is 0 Å². The smallest absolute Gasteiger partial charge is 0.0705 e. The van der Waals surface area contributed by atoms with Crippen molar-refractivity contribution in [3.63, 3.8) is 0 Å². The summed E-state index contributed by atoms with van der Waals surface area (Å²) in [6.45, 7) is 9.48. The van der Waals surface area contributed by atoms with E-state index in [2.05, 4.69) is 33.2 Å². The zero-order valence-corrected chi connectivity index (χ0v) is 8.89. The number of nitrogens with one attached hydrogen (secondary N) is 1. The average molecular weight is 173 g/mol. The van der Waals surface area contributed by atoms with E-state index in [1.54, 1.807) is 0 Å². The Bertz CT molecular complexity index is 93.8. The van der Waals surface area contributed by atoms with Gasteiger partial charge in [0, 0.05) is 6.04 Å². The number of hydrogen-bond donors (Lipinski definition) is 1. The molecule has 0 fully saturated rings. The van der Waals surface area contributed by atoms with Gasteiger partial charge in [-0.2, -0.15) is 5.48 Å². The Morgan fingerprint density at radius 2 is 1.92 bits per heavy atom. The molecule has 0 aliphatic carbocycles. The van der Waals surface area contributed by atoms with Crippen LogP contribution < -0.4 is 5.48 Å². The second kappa shape index (κ2) is 7.56. The monoisotopic (exact) mass is 173 g/mol. The molecule has 0 aromatic carbocycles. The first-order valence-corrected chi connectivity index (χ1v) is 5.04. The van der Waals surface area contributed by atoms with Crippen LogP contribution in [0.1, 0.15) is 47.0 Å². The summed E-state index contributed by atoms with van der Waals surface area (Å²) in [5.41, 5.74) is 3.05. The van der Waals surface area contributed by atoms with Crippen molar-refractivity contribution in [3.8, 4) is 0 Å². The van der Waals surface area contributed by atoms with Gasteiger partial charge in [-0.15, -0.1) is 0 Å². The van der Waals surface area contributed by atoms with Crippen LogP contribution in [0.3, 0.4) is 0 Å². The van der Waals surface area contributed by atoms with E-state index in [4.69, 9.17) is 4.84 Å². The Morgan fingerprint density at radius 3 is 2.42 bits per heavy atom. The maximum atomic E-state index is 5.30. The third-order valence-corrected chi connectivity index (χ3v) is 1.69. The summed E-state index contributed by atoms with van der Waals surface area (Å²) in [4.78, 5) is 5.30. The lowest BCUT2D eigenvalue weighted by Crippen LogP contribution is -2.27. The Labute approximate surface area is 76.6 Å². The van der Waals surface area contributed by atoms with Crippen molar-refractivity contribution in [1.82, 2.24) is 5.48 Å². The van der Waals surface area contributed by atoms with Gasteiger partial charge in [-0.05, 0) is 19.3 Å². The summed E-state index contributed by atoms with van der Waals surface area (Å²) in [7, 11) is 0. The topological polar surface area (TPSA) is 21.3 Å². The maximum absolute atomic E-state index is 5.30. The minimum Gasteiger partial charge on any atom is -0.301 e. The first kappa shape index (κ1) is 11.9. The normalized spacial score (nSPS) is 13.8. The molecule has 2 nitrogen and oxygen atoms in total. The van der Waals surface area contributed by atoms with Crippen LogP contribution in [-0.2, 0) is 4.84 Å². The molecule has 74 valence electrons. The molecule has 0 amide bonds. The number of hydrogen-bond acceptors (Lipinski definition) is 2. The highest BCUT2D eigenvalue weighted by atomic mass is 16.6. The van der Waals surface area contributed by atoms with Crippen molar-refractivity contribution in [2.24, 2.45) is 5.92 Å². The molecule has 0 bridgehead atoms. The Balaban J connectivity index is 3.13. The molecule has 0 radical (unpaired) electrons. The quantitative estimate of drug-likeness (QED) is 0.598. The zero-order chi connectivity index (χ0) is 9.40. The highest BCUT2D eigenvalue weighted by molar-refractivity contribution is 4.53. The lowest BCUT2D eigenvalue weighted by atomic mass is 10.2. The van der Waals surface area contributed by atoms with Gasteiger partial charge in [0.05, 0.1) is 6.61 Å². The number of unbranched alkanes of at least 4 members (excludes halogenated alkanes) is 1. The third kappa shape index (κ3) is 8.02. The number of rotatable bonds is 7. The fourth-order valence-electron chi connectivity index (χ4n) is 0.926. The molecule has 0 spiro atoms. The van der Waals surface area contributed by atoms with Crippen LogP contribution in [0.2, 0.25) is 0 Å². The first-order chi connectivity index (χ1) is 5.66. The van der Waals surface area contributed by atoms with Crippen molar-refractivity contribution < 1.29 is 4.84 Å². The molecule has 0 heterocycles. The van der Waals surface area contributed by atoms with Gasteiger partial charge in [-0.25, -0.2) is 0 Å². The van der Waals surface area contributed by atoms with E-state index in [9.17, 15) is 0 Å². The van der Waals surface area contributed by atoms with Gasteiger partial charge in [-0.3, -0.25) is 0 Å². The molecule has 0 aromatic rings. The van der Waals surface area contributed by atoms with Gasteiger partial charge >= 0.3 is 0 Å². The van der Waals surface area contributed by atoms with E-state index in [-0.39, 0.29) is 0 Å². The van der Waals surface area contributed by atoms with Gasteiger partial charge in [0.15, 0.2) is 0 Å². The van der Waals surface area contributed by atoms with Gasteiger partial charge in [0.25, 0.3) is 0 Å². The second-order valence-electron chi connectivity index (χ2n) is 3.87. The molecule has 0 saturated carbocycles. The molecular formula is C10H23NO. The fraction of sp³-hybridized carbons (Fsp3) is 1.00. The second-order valence-corrected chi connectivity index (χ2v) is 3.87. The van der Waals surface area contributed by atoms with E-state index >= 15 is 0 Å². The SMILES string of the molecule is CCCCC(C)NOCC(C)C. The van der Waals surface area contributed by atoms with Gasteiger partial charge < -0.3 is 4.84 Å². The molecule has 1 atom stereocenters. The molecule has 0 rings (SSSR count). The van der Waals surface area contributed by atoms with Gasteiger partial charge in [0.2, 0.25) is 0 Å². The predicted molar refractivity (Wildman–Crippen MR) is 52.9 cm³/mol. The van der Waals surface area contributed by atoms with Crippen LogP contribution in [-0.4, -0.2) is 12.6 Å². The Kier molecular flexibility index (Phi) is 7.51. The molecule has 12 heavy (non-hydrogen) atoms. The zero-order valence-electron chi connectivity index (χ0n) is 8.89. The average Bonchev–Trinajstić information content (AvgIpc) is 2.00. The van der Waals surface area contributed by atoms with Crippen LogP contribution in [0, 0.1) is 5.92 Å². The first-order valence-electron chi connectivity index (χ1n) is 5.04. The minimum absolute atomic E-state index is 0.490. The van der Waals surface area contributed by atoms with E-state index in [1.165, 1.54) is 19.3 Å². The Hall–Kier alpha value is -0.0800. The molecule has 0 saturated heterocycles. The van der Waals surface area contributed by atoms with Crippen LogP contribution in [0.25, 0.3) is 0 Å². The van der Waals surface area contributed by atoms with Crippen molar-refractivity contribution in [1.29, 1.82) is 0 Å². The highest BCUT2D eigenvalue weighted by Crippen LogP contribution is 1.99. The maximum Gasteiger partial charge on any atom is 0.0705 e. The van der Waals surface area contributed by atoms with Crippen molar-refractivity contribution >= 4 is 0 Å². The van der Waals surface area contributed by atoms with E-state index < -0.39 is 0 Å². The van der Waals surface area contributed by atoms with Crippen LogP contribution in [0.15, 0.2) is 0 Å². The fourth-order valence-corrected chi connectivity index (χ4v) is 0.926. The lowest BCUT2D eigenvalue weighted by Gasteiger charge is -2.14. The molecule has 0 aliphatic heterocycles. The molecule has 0 aromatic heterocycles. The van der Waals surface area contributed by atoms with Gasteiger partial charge in [-0.1, -0.05) is 33.6 Å². The predicted octanol–water partition coefficient (Wildman–Crippen LogP) is 2.74. The standard InChI is InChI=1S/C10H23NO/c1-5-6-7-10(4)11-12-8-9(2)3/h9-11H,5-8H2,1-4H3. The summed E-state index contributed by atoms with van der Waals surface area (Å²) in [6, 6.07) is 0.490. The largest absolute Gasteiger partial charge is 0.301 e. The summed E-state index contributed by atoms with van der Waals surface area (Å²) in [5.74, 6) is 0.607. The highest BCUT2D eigenvalue weighted by Gasteiger charge is 2.00. The van der Waals surface area contributed by atoms with Crippen molar-refractivity contribution in [2.45, 2.75) is 53.0 Å². The summed E-state index contributed by atoms with van der Waals surface area (Å²) in [6.07, 6.45) is 3.74. The summed E-state index contributed by atoms with van der Waals surface area (Å²) in [5, 5.41) is 0. The van der Waals surface area contributed by atoms with E-state index in [1.807, 2.05) is 0 Å². The van der Waals surface area contributed by atoms with Crippen LogP contribution in [0.5, 0.6) is 0 Å². The lowest BCUT2D eigenvalue weighted by molar-refractivity contribution is 0.00263. The third-order valence-electron chi connectivity index (χ3n) is 1.69. The molecular weight excluding hydrogens is 150 g/mol. The van der Waals surface area contributed by atoms with Gasteiger partial charge in [0.1, 0.15) is 0 Å². The van der Waals surface area contributed by atoms with Crippen molar-refractivity contribution in [3.05, 3.63) is 0 Å². The number of hydroxylamine groups is 1. The van der Waals surface area contributed by atoms with Crippen molar-refractivity contribution in [2.75, 3.05) is 6.61 Å². The Morgan fingerprint density at radius 1 is 1.25 bits per heavy atom. The van der Waals surface area contributed by atoms with E-state index in [0.29, 0.717) is 12.0 Å². The van der Waals surface area contributed by atoms with Crippen LogP contribution >= 0.6 is 0 Å².